The number of thioether (sulfide) groups is 1. The van der Waals surface area contributed by atoms with Crippen molar-refractivity contribution in [1.82, 2.24) is 10.3 Å². The van der Waals surface area contributed by atoms with E-state index in [1.807, 2.05) is 24.3 Å². The van der Waals surface area contributed by atoms with Gasteiger partial charge in [-0.1, -0.05) is 57.6 Å². The number of carbonyl (C=O) groups is 1. The SMILES string of the molecule is CC1SC(S(=O)(=O)c2ccc(CNC(=O)c3cc4ccncc4s3)cc2)CC12CCCCCCCC2. The van der Waals surface area contributed by atoms with Gasteiger partial charge in [-0.25, -0.2) is 8.42 Å². The fraction of sp³-hybridized carbons (Fsp3) is 0.500. The third kappa shape index (κ3) is 5.36. The molecule has 0 radical (unpaired) electrons. The lowest BCUT2D eigenvalue weighted by Gasteiger charge is -2.33. The molecule has 1 saturated heterocycles. The first-order valence-corrected chi connectivity index (χ1v) is 16.3. The highest BCUT2D eigenvalue weighted by atomic mass is 32.3. The molecule has 3 heterocycles. The van der Waals surface area contributed by atoms with Crippen LogP contribution < -0.4 is 5.32 Å². The normalized spacial score (nSPS) is 22.7. The van der Waals surface area contributed by atoms with E-state index in [9.17, 15) is 13.2 Å². The zero-order chi connectivity index (χ0) is 25.2. The van der Waals surface area contributed by atoms with Gasteiger partial charge in [-0.15, -0.1) is 23.1 Å². The van der Waals surface area contributed by atoms with Gasteiger partial charge in [0.25, 0.3) is 5.91 Å². The summed E-state index contributed by atoms with van der Waals surface area (Å²) in [5, 5.41) is 4.32. The van der Waals surface area contributed by atoms with Crippen molar-refractivity contribution in [2.45, 2.75) is 86.0 Å². The molecular formula is C28H34N2O3S3. The number of amides is 1. The van der Waals surface area contributed by atoms with E-state index >= 15 is 0 Å². The first-order valence-electron chi connectivity index (χ1n) is 13.0. The number of fused-ring (bicyclic) bond motifs is 1. The van der Waals surface area contributed by atoms with Crippen molar-refractivity contribution in [3.8, 4) is 0 Å². The number of carbonyl (C=O) groups excluding carboxylic acids is 1. The van der Waals surface area contributed by atoms with Gasteiger partial charge in [-0.05, 0) is 59.9 Å². The van der Waals surface area contributed by atoms with Gasteiger partial charge in [-0.3, -0.25) is 9.78 Å². The number of hydrogen-bond acceptors (Lipinski definition) is 6. The van der Waals surface area contributed by atoms with Gasteiger partial charge in [0.2, 0.25) is 0 Å². The number of nitrogens with zero attached hydrogens (tertiary/aromatic N) is 1. The molecule has 1 aliphatic heterocycles. The fourth-order valence-corrected chi connectivity index (χ4v) is 11.0. The molecule has 2 atom stereocenters. The van der Waals surface area contributed by atoms with Gasteiger partial charge < -0.3 is 5.32 Å². The molecule has 2 fully saturated rings. The summed E-state index contributed by atoms with van der Waals surface area (Å²) in [6.45, 7) is 2.60. The van der Waals surface area contributed by atoms with Crippen LogP contribution in [-0.2, 0) is 16.4 Å². The van der Waals surface area contributed by atoms with E-state index in [2.05, 4.69) is 17.2 Å². The Balaban J connectivity index is 1.23. The first-order chi connectivity index (χ1) is 17.4. The maximum atomic E-state index is 13.6. The second kappa shape index (κ2) is 10.8. The largest absolute Gasteiger partial charge is 0.347 e. The number of rotatable bonds is 5. The molecule has 2 aliphatic rings. The molecule has 2 aromatic heterocycles. The van der Waals surface area contributed by atoms with Crippen LogP contribution in [0.2, 0.25) is 0 Å². The van der Waals surface area contributed by atoms with Gasteiger partial charge in [0.1, 0.15) is 4.58 Å². The number of benzene rings is 1. The van der Waals surface area contributed by atoms with Crippen LogP contribution >= 0.6 is 23.1 Å². The van der Waals surface area contributed by atoms with E-state index in [1.54, 1.807) is 36.3 Å². The van der Waals surface area contributed by atoms with E-state index < -0.39 is 9.84 Å². The maximum absolute atomic E-state index is 13.6. The summed E-state index contributed by atoms with van der Waals surface area (Å²) in [6.07, 6.45) is 14.2. The Bertz CT molecular complexity index is 1270. The highest BCUT2D eigenvalue weighted by molar-refractivity contribution is 8.14. The van der Waals surface area contributed by atoms with Crippen molar-refractivity contribution in [2.75, 3.05) is 0 Å². The number of hydrogen-bond donors (Lipinski definition) is 1. The topological polar surface area (TPSA) is 76.1 Å². The highest BCUT2D eigenvalue weighted by Crippen LogP contribution is 2.55. The monoisotopic (exact) mass is 542 g/mol. The summed E-state index contributed by atoms with van der Waals surface area (Å²) in [6, 6.07) is 10.8. The zero-order valence-electron chi connectivity index (χ0n) is 20.7. The summed E-state index contributed by atoms with van der Waals surface area (Å²) < 4.78 is 27.8. The average Bonchev–Trinajstić information content (AvgIpc) is 3.49. The van der Waals surface area contributed by atoms with E-state index in [4.69, 9.17) is 0 Å². The standard InChI is InChI=1S/C28H34N2O3S3/c1-20-28(13-6-4-2-3-5-7-14-28)17-26(34-20)36(32,33)23-10-8-21(9-11-23)18-30-27(31)24-16-22-12-15-29-19-25(22)35-24/h8-12,15-16,19-20,26H,2-7,13-14,17-18H2,1H3,(H,30,31). The third-order valence-electron chi connectivity index (χ3n) is 7.99. The van der Waals surface area contributed by atoms with Crippen LogP contribution in [-0.4, -0.2) is 29.1 Å². The van der Waals surface area contributed by atoms with Gasteiger partial charge in [0, 0.05) is 24.2 Å². The predicted molar refractivity (Wildman–Crippen MR) is 149 cm³/mol. The third-order valence-corrected chi connectivity index (χ3v) is 13.3. The molecule has 0 bridgehead atoms. The molecule has 36 heavy (non-hydrogen) atoms. The minimum absolute atomic E-state index is 0.135. The van der Waals surface area contributed by atoms with Crippen LogP contribution in [0, 0.1) is 5.41 Å². The second-order valence-electron chi connectivity index (χ2n) is 10.3. The Morgan fingerprint density at radius 3 is 2.44 bits per heavy atom. The van der Waals surface area contributed by atoms with Crippen LogP contribution in [0.15, 0.2) is 53.7 Å². The molecule has 2 unspecified atom stereocenters. The molecule has 8 heteroatoms. The maximum Gasteiger partial charge on any atom is 0.261 e. The average molecular weight is 543 g/mol. The van der Waals surface area contributed by atoms with Crippen molar-refractivity contribution in [3.63, 3.8) is 0 Å². The van der Waals surface area contributed by atoms with Crippen LogP contribution in [0.25, 0.3) is 10.1 Å². The summed E-state index contributed by atoms with van der Waals surface area (Å²) >= 11 is 3.08. The number of aromatic nitrogens is 1. The minimum atomic E-state index is -3.41. The van der Waals surface area contributed by atoms with Crippen molar-refractivity contribution in [1.29, 1.82) is 0 Å². The lowest BCUT2D eigenvalue weighted by molar-refractivity contribution is 0.0955. The Labute approximate surface area is 222 Å². The van der Waals surface area contributed by atoms with Crippen LogP contribution in [0.5, 0.6) is 0 Å². The number of pyridine rings is 1. The first kappa shape index (κ1) is 25.7. The minimum Gasteiger partial charge on any atom is -0.347 e. The molecular weight excluding hydrogens is 509 g/mol. The van der Waals surface area contributed by atoms with Crippen LogP contribution in [0.3, 0.4) is 0 Å². The number of sulfone groups is 1. The molecule has 1 saturated carbocycles. The van der Waals surface area contributed by atoms with Gasteiger partial charge >= 0.3 is 0 Å². The van der Waals surface area contributed by atoms with Crippen LogP contribution in [0.4, 0.5) is 0 Å². The van der Waals surface area contributed by atoms with Gasteiger partial charge in [0.15, 0.2) is 9.84 Å². The number of thiophene rings is 1. The molecule has 1 aliphatic carbocycles. The van der Waals surface area contributed by atoms with Gasteiger partial charge in [0.05, 0.1) is 14.5 Å². The quantitative estimate of drug-likeness (QED) is 0.377. The number of nitrogens with one attached hydrogen (secondary N) is 1. The predicted octanol–water partition coefficient (Wildman–Crippen LogP) is 6.97. The van der Waals surface area contributed by atoms with Gasteiger partial charge in [-0.2, -0.15) is 0 Å². The molecule has 5 nitrogen and oxygen atoms in total. The lowest BCUT2D eigenvalue weighted by atomic mass is 9.74. The van der Waals surface area contributed by atoms with Crippen LogP contribution in [0.1, 0.15) is 79.9 Å². The van der Waals surface area contributed by atoms with Crippen molar-refractivity contribution >= 4 is 48.9 Å². The van der Waals surface area contributed by atoms with Crippen molar-refractivity contribution in [3.05, 3.63) is 59.2 Å². The highest BCUT2D eigenvalue weighted by Gasteiger charge is 2.49. The smallest absolute Gasteiger partial charge is 0.261 e. The lowest BCUT2D eigenvalue weighted by Crippen LogP contribution is -2.28. The molecule has 1 amide bonds. The molecule has 1 spiro atoms. The Morgan fingerprint density at radius 2 is 1.75 bits per heavy atom. The van der Waals surface area contributed by atoms with E-state index in [0.717, 1.165) is 34.9 Å². The van der Waals surface area contributed by atoms with Crippen molar-refractivity contribution < 1.29 is 13.2 Å². The fourth-order valence-electron chi connectivity index (χ4n) is 5.71. The molecule has 192 valence electrons. The Morgan fingerprint density at radius 1 is 1.06 bits per heavy atom. The second-order valence-corrected chi connectivity index (χ2v) is 15.4. The molecule has 1 aromatic carbocycles. The molecule has 5 rings (SSSR count). The molecule has 1 N–H and O–H groups in total. The summed E-state index contributed by atoms with van der Waals surface area (Å²) in [5.74, 6) is -0.135. The summed E-state index contributed by atoms with van der Waals surface area (Å²) in [4.78, 5) is 17.7. The Hall–Kier alpha value is -1.90. The van der Waals surface area contributed by atoms with Crippen molar-refractivity contribution in [2.24, 2.45) is 5.41 Å². The Kier molecular flexibility index (Phi) is 7.75. The molecule has 3 aromatic rings. The van der Waals surface area contributed by atoms with E-state index in [-0.39, 0.29) is 15.9 Å². The summed E-state index contributed by atoms with van der Waals surface area (Å²) in [5.41, 5.74) is 1.03. The van der Waals surface area contributed by atoms with E-state index in [1.165, 1.54) is 49.9 Å². The van der Waals surface area contributed by atoms with E-state index in [0.29, 0.717) is 21.6 Å². The summed E-state index contributed by atoms with van der Waals surface area (Å²) in [7, 11) is -3.41. The zero-order valence-corrected chi connectivity index (χ0v) is 23.2.